The second-order valence-electron chi connectivity index (χ2n) is 6.18. The number of aromatic nitrogens is 2. The first-order valence-corrected chi connectivity index (χ1v) is 7.75. The lowest BCUT2D eigenvalue weighted by atomic mass is 9.99. The summed E-state index contributed by atoms with van der Waals surface area (Å²) in [6, 6.07) is 2.56. The highest BCUT2D eigenvalue weighted by Crippen LogP contribution is 2.29. The van der Waals surface area contributed by atoms with E-state index >= 15 is 0 Å². The fraction of sp³-hybridized carbons (Fsp3) is 0.667. The van der Waals surface area contributed by atoms with E-state index in [1.165, 1.54) is 24.5 Å². The molecular weight excluding hydrogens is 282 g/mol. The van der Waals surface area contributed by atoms with E-state index in [1.807, 2.05) is 6.07 Å². The smallest absolute Gasteiger partial charge is 0.332 e. The zero-order valence-electron chi connectivity index (χ0n) is 13.0. The standard InChI is InChI=1S/C15H21N5O2/c1-18-13(10(9-16)14(21)19(2)15(18)22)17-11-6-8-20-7-4-3-5-12(11)20/h11-12,17H,3-8H2,1-2H3/t11-,12-/m0/s1. The maximum atomic E-state index is 12.1. The zero-order chi connectivity index (χ0) is 15.9. The number of hydrogen-bond donors (Lipinski definition) is 1. The third-order valence-electron chi connectivity index (χ3n) is 4.95. The van der Waals surface area contributed by atoms with Gasteiger partial charge in [0.2, 0.25) is 0 Å². The van der Waals surface area contributed by atoms with Crippen LogP contribution in [-0.2, 0) is 14.1 Å². The molecule has 1 aromatic heterocycles. The molecule has 1 N–H and O–H groups in total. The molecule has 0 amide bonds. The van der Waals surface area contributed by atoms with Crippen molar-refractivity contribution < 1.29 is 0 Å². The minimum Gasteiger partial charge on any atom is -0.366 e. The highest BCUT2D eigenvalue weighted by Gasteiger charge is 2.36. The summed E-state index contributed by atoms with van der Waals surface area (Å²) < 4.78 is 2.34. The fourth-order valence-corrected chi connectivity index (χ4v) is 3.71. The van der Waals surface area contributed by atoms with Crippen LogP contribution in [0.2, 0.25) is 0 Å². The second-order valence-corrected chi connectivity index (χ2v) is 6.18. The predicted molar refractivity (Wildman–Crippen MR) is 82.9 cm³/mol. The second kappa shape index (κ2) is 5.61. The molecule has 0 aromatic carbocycles. The average Bonchev–Trinajstić information content (AvgIpc) is 2.94. The lowest BCUT2D eigenvalue weighted by Crippen LogP contribution is -2.44. The van der Waals surface area contributed by atoms with Crippen LogP contribution in [-0.4, -0.2) is 39.2 Å². The molecule has 0 aliphatic carbocycles. The van der Waals surface area contributed by atoms with Gasteiger partial charge in [-0.05, 0) is 25.8 Å². The Hall–Kier alpha value is -2.07. The molecule has 0 spiro atoms. The van der Waals surface area contributed by atoms with Crippen LogP contribution in [0.1, 0.15) is 31.2 Å². The number of hydrogen-bond acceptors (Lipinski definition) is 5. The van der Waals surface area contributed by atoms with E-state index in [-0.39, 0.29) is 11.6 Å². The van der Waals surface area contributed by atoms with Crippen molar-refractivity contribution in [3.05, 3.63) is 26.4 Å². The summed E-state index contributed by atoms with van der Waals surface area (Å²) in [7, 11) is 2.99. The van der Waals surface area contributed by atoms with E-state index in [0.29, 0.717) is 11.9 Å². The molecule has 3 rings (SSSR count). The van der Waals surface area contributed by atoms with Crippen LogP contribution in [0.3, 0.4) is 0 Å². The molecule has 0 unspecified atom stereocenters. The van der Waals surface area contributed by atoms with Gasteiger partial charge >= 0.3 is 5.69 Å². The summed E-state index contributed by atoms with van der Waals surface area (Å²) in [4.78, 5) is 26.7. The number of rotatable bonds is 2. The molecule has 0 saturated carbocycles. The fourth-order valence-electron chi connectivity index (χ4n) is 3.71. The summed E-state index contributed by atoms with van der Waals surface area (Å²) in [5, 5.41) is 12.6. The van der Waals surface area contributed by atoms with E-state index in [9.17, 15) is 14.9 Å². The average molecular weight is 303 g/mol. The molecule has 118 valence electrons. The van der Waals surface area contributed by atoms with Gasteiger partial charge in [-0.2, -0.15) is 5.26 Å². The van der Waals surface area contributed by atoms with Crippen molar-refractivity contribution >= 4 is 5.82 Å². The number of nitriles is 1. The van der Waals surface area contributed by atoms with Crippen LogP contribution in [0.5, 0.6) is 0 Å². The van der Waals surface area contributed by atoms with E-state index < -0.39 is 11.2 Å². The number of nitrogens with zero attached hydrogens (tertiary/aromatic N) is 4. The quantitative estimate of drug-likeness (QED) is 0.831. The molecule has 2 aliphatic rings. The maximum absolute atomic E-state index is 12.1. The molecule has 7 heteroatoms. The largest absolute Gasteiger partial charge is 0.366 e. The molecular formula is C15H21N5O2. The Labute approximate surface area is 128 Å². The van der Waals surface area contributed by atoms with Crippen LogP contribution in [0.15, 0.2) is 9.59 Å². The number of fused-ring (bicyclic) bond motifs is 1. The van der Waals surface area contributed by atoms with Crippen molar-refractivity contribution in [3.8, 4) is 6.07 Å². The molecule has 22 heavy (non-hydrogen) atoms. The minimum absolute atomic E-state index is 0.0128. The molecule has 0 radical (unpaired) electrons. The summed E-state index contributed by atoms with van der Waals surface area (Å²) in [6.45, 7) is 2.15. The van der Waals surface area contributed by atoms with Crippen molar-refractivity contribution in [2.75, 3.05) is 18.4 Å². The molecule has 1 aromatic rings. The van der Waals surface area contributed by atoms with E-state index in [1.54, 1.807) is 7.05 Å². The van der Waals surface area contributed by atoms with E-state index in [4.69, 9.17) is 0 Å². The topological polar surface area (TPSA) is 83.1 Å². The van der Waals surface area contributed by atoms with Crippen LogP contribution in [0.25, 0.3) is 0 Å². The van der Waals surface area contributed by atoms with Crippen molar-refractivity contribution in [2.24, 2.45) is 14.1 Å². The third kappa shape index (κ3) is 2.24. The van der Waals surface area contributed by atoms with Gasteiger partial charge in [0.25, 0.3) is 5.56 Å². The minimum atomic E-state index is -0.536. The Morgan fingerprint density at radius 3 is 2.64 bits per heavy atom. The normalized spacial score (nSPS) is 24.8. The Kier molecular flexibility index (Phi) is 3.79. The highest BCUT2D eigenvalue weighted by molar-refractivity contribution is 5.52. The summed E-state index contributed by atoms with van der Waals surface area (Å²) >= 11 is 0. The zero-order valence-corrected chi connectivity index (χ0v) is 13.0. The molecule has 2 atom stereocenters. The Morgan fingerprint density at radius 1 is 1.14 bits per heavy atom. The van der Waals surface area contributed by atoms with Crippen LogP contribution < -0.4 is 16.6 Å². The summed E-state index contributed by atoms with van der Waals surface area (Å²) in [5.41, 5.74) is -0.935. The maximum Gasteiger partial charge on any atom is 0.332 e. The van der Waals surface area contributed by atoms with Gasteiger partial charge in [-0.3, -0.25) is 18.8 Å². The highest BCUT2D eigenvalue weighted by atomic mass is 16.2. The van der Waals surface area contributed by atoms with Crippen LogP contribution in [0.4, 0.5) is 5.82 Å². The van der Waals surface area contributed by atoms with Gasteiger partial charge in [0.15, 0.2) is 5.56 Å². The van der Waals surface area contributed by atoms with E-state index in [0.717, 1.165) is 30.5 Å². The van der Waals surface area contributed by atoms with E-state index in [2.05, 4.69) is 10.2 Å². The first kappa shape index (κ1) is 14.9. The van der Waals surface area contributed by atoms with Gasteiger partial charge < -0.3 is 5.32 Å². The lowest BCUT2D eigenvalue weighted by molar-refractivity contribution is 0.192. The molecule has 2 fully saturated rings. The molecule has 3 heterocycles. The summed E-state index contributed by atoms with van der Waals surface area (Å²) in [6.07, 6.45) is 4.54. The number of nitrogens with one attached hydrogen (secondary N) is 1. The Balaban J connectivity index is 1.98. The summed E-state index contributed by atoms with van der Waals surface area (Å²) in [5.74, 6) is 0.355. The van der Waals surface area contributed by atoms with Crippen molar-refractivity contribution in [2.45, 2.75) is 37.8 Å². The lowest BCUT2D eigenvalue weighted by Gasteiger charge is -2.33. The van der Waals surface area contributed by atoms with Gasteiger partial charge in [-0.25, -0.2) is 4.79 Å². The molecule has 2 saturated heterocycles. The first-order valence-electron chi connectivity index (χ1n) is 7.75. The van der Waals surface area contributed by atoms with Gasteiger partial charge in [-0.1, -0.05) is 6.42 Å². The monoisotopic (exact) mass is 303 g/mol. The van der Waals surface area contributed by atoms with Gasteiger partial charge in [0.1, 0.15) is 11.9 Å². The Morgan fingerprint density at radius 2 is 1.91 bits per heavy atom. The SMILES string of the molecule is Cn1c(N[C@H]2CCN3CCCC[C@@H]23)c(C#N)c(=O)n(C)c1=O. The van der Waals surface area contributed by atoms with Gasteiger partial charge in [0, 0.05) is 32.7 Å². The number of piperidine rings is 1. The van der Waals surface area contributed by atoms with Crippen molar-refractivity contribution in [1.29, 1.82) is 5.26 Å². The Bertz CT molecular complexity index is 742. The van der Waals surface area contributed by atoms with Crippen LogP contribution in [0, 0.1) is 11.3 Å². The molecule has 2 aliphatic heterocycles. The molecule has 7 nitrogen and oxygen atoms in total. The number of anilines is 1. The molecule has 0 bridgehead atoms. The van der Waals surface area contributed by atoms with Crippen LogP contribution >= 0.6 is 0 Å². The van der Waals surface area contributed by atoms with Gasteiger partial charge in [0.05, 0.1) is 0 Å². The van der Waals surface area contributed by atoms with Gasteiger partial charge in [-0.15, -0.1) is 0 Å². The van der Waals surface area contributed by atoms with Crippen molar-refractivity contribution in [1.82, 2.24) is 14.0 Å². The first-order chi connectivity index (χ1) is 10.5. The predicted octanol–water partition coefficient (Wildman–Crippen LogP) is -0.00562. The third-order valence-corrected chi connectivity index (χ3v) is 4.95. The van der Waals surface area contributed by atoms with Crippen molar-refractivity contribution in [3.63, 3.8) is 0 Å².